The number of hydrogen-bond donors (Lipinski definition) is 1. The Balaban J connectivity index is 1.63. The van der Waals surface area contributed by atoms with E-state index in [9.17, 15) is 14.8 Å². The fourth-order valence-electron chi connectivity index (χ4n) is 4.58. The monoisotopic (exact) mass is 397 g/mol. The lowest BCUT2D eigenvalue weighted by molar-refractivity contribution is 0.473. The third-order valence-electron chi connectivity index (χ3n) is 6.11. The van der Waals surface area contributed by atoms with Gasteiger partial charge in [0.2, 0.25) is 0 Å². The van der Waals surface area contributed by atoms with Crippen LogP contribution in [0, 0.1) is 30.0 Å². The normalized spacial score (nSPS) is 17.2. The zero-order chi connectivity index (χ0) is 20.8. The molecule has 30 heavy (non-hydrogen) atoms. The summed E-state index contributed by atoms with van der Waals surface area (Å²) in [6.07, 6.45) is 1.89. The number of benzene rings is 3. The zero-order valence-corrected chi connectivity index (χ0v) is 16.6. The first-order chi connectivity index (χ1) is 14.5. The molecule has 1 N–H and O–H groups in total. The summed E-state index contributed by atoms with van der Waals surface area (Å²) in [7, 11) is 0. The van der Waals surface area contributed by atoms with Gasteiger partial charge in [0.1, 0.15) is 11.6 Å². The van der Waals surface area contributed by atoms with Crippen molar-refractivity contribution >= 4 is 11.4 Å². The molecule has 1 unspecified atom stereocenters. The van der Waals surface area contributed by atoms with Crippen molar-refractivity contribution in [2.75, 3.05) is 11.6 Å². The molecule has 5 rings (SSSR count). The highest BCUT2D eigenvalue weighted by Gasteiger charge is 2.34. The Bertz CT molecular complexity index is 1220. The van der Waals surface area contributed by atoms with E-state index in [0.717, 1.165) is 58.6 Å². The minimum absolute atomic E-state index is 0.281. The largest absolute Gasteiger partial charge is 0.508 e. The van der Waals surface area contributed by atoms with Crippen LogP contribution in [0.5, 0.6) is 5.75 Å². The molecule has 2 aliphatic rings. The molecule has 0 saturated heterocycles. The van der Waals surface area contributed by atoms with Crippen LogP contribution < -0.4 is 5.01 Å². The second-order valence-corrected chi connectivity index (χ2v) is 7.90. The number of halogens is 1. The number of aryl methyl sites for hydroxylation is 1. The highest BCUT2D eigenvalue weighted by atomic mass is 19.1. The van der Waals surface area contributed by atoms with Gasteiger partial charge in [-0.1, -0.05) is 12.1 Å². The van der Waals surface area contributed by atoms with Crippen molar-refractivity contribution in [3.63, 3.8) is 0 Å². The number of hydrazone groups is 1. The van der Waals surface area contributed by atoms with E-state index in [2.05, 4.69) is 6.07 Å². The van der Waals surface area contributed by atoms with Gasteiger partial charge >= 0.3 is 0 Å². The molecular weight excluding hydrogens is 377 g/mol. The van der Waals surface area contributed by atoms with Crippen LogP contribution in [-0.2, 0) is 6.42 Å². The van der Waals surface area contributed by atoms with Gasteiger partial charge in [0.05, 0.1) is 29.6 Å². The Labute approximate surface area is 174 Å². The molecule has 3 aromatic carbocycles. The van der Waals surface area contributed by atoms with E-state index in [4.69, 9.17) is 5.10 Å². The van der Waals surface area contributed by atoms with Crippen molar-refractivity contribution in [3.8, 4) is 22.9 Å². The lowest BCUT2D eigenvalue weighted by Gasteiger charge is -2.23. The van der Waals surface area contributed by atoms with Crippen molar-refractivity contribution in [3.05, 3.63) is 82.7 Å². The van der Waals surface area contributed by atoms with Gasteiger partial charge in [-0.2, -0.15) is 10.4 Å². The van der Waals surface area contributed by atoms with E-state index in [-0.39, 0.29) is 11.6 Å². The predicted molar refractivity (Wildman–Crippen MR) is 115 cm³/mol. The SMILES string of the molecule is Cc1c(C#N)ccc(N2CC3CCc4cc(O)ccc4C3=N2)c1-c1ccc(F)cc1. The van der Waals surface area contributed by atoms with Crippen molar-refractivity contribution in [1.29, 1.82) is 5.26 Å². The summed E-state index contributed by atoms with van der Waals surface area (Å²) in [6.45, 7) is 2.68. The highest BCUT2D eigenvalue weighted by molar-refractivity contribution is 6.07. The molecule has 3 aromatic rings. The number of nitriles is 1. The molecule has 148 valence electrons. The van der Waals surface area contributed by atoms with Gasteiger partial charge in [-0.3, -0.25) is 5.01 Å². The molecule has 0 saturated carbocycles. The predicted octanol–water partition coefficient (Wildman–Crippen LogP) is 5.17. The Morgan fingerprint density at radius 3 is 2.70 bits per heavy atom. The summed E-state index contributed by atoms with van der Waals surface area (Å²) < 4.78 is 13.5. The number of hydrogen-bond acceptors (Lipinski definition) is 4. The van der Waals surface area contributed by atoms with Crippen LogP contribution in [0.2, 0.25) is 0 Å². The Morgan fingerprint density at radius 2 is 1.93 bits per heavy atom. The molecule has 1 heterocycles. The van der Waals surface area contributed by atoms with E-state index < -0.39 is 0 Å². The first kappa shape index (κ1) is 18.4. The van der Waals surface area contributed by atoms with E-state index in [1.54, 1.807) is 18.2 Å². The van der Waals surface area contributed by atoms with E-state index in [1.807, 2.05) is 36.2 Å². The number of rotatable bonds is 2. The molecule has 0 bridgehead atoms. The van der Waals surface area contributed by atoms with Gasteiger partial charge in [-0.05, 0) is 78.9 Å². The smallest absolute Gasteiger partial charge is 0.123 e. The standard InChI is InChI=1S/C25H20FN3O/c1-15-18(13-27)6-11-23(24(15)16-4-7-20(26)8-5-16)29-14-19-3-2-17-12-21(30)9-10-22(17)25(19)28-29/h4-12,19,30H,2-3,14H2,1H3. The molecule has 1 atom stereocenters. The lowest BCUT2D eigenvalue weighted by Crippen LogP contribution is -2.24. The molecule has 0 spiro atoms. The molecule has 0 aromatic heterocycles. The Morgan fingerprint density at radius 1 is 1.13 bits per heavy atom. The van der Waals surface area contributed by atoms with Gasteiger partial charge < -0.3 is 5.11 Å². The number of fused-ring (bicyclic) bond motifs is 3. The number of aromatic hydroxyl groups is 1. The Kier molecular flexibility index (Phi) is 4.29. The summed E-state index contributed by atoms with van der Waals surface area (Å²) in [5.41, 5.74) is 7.42. The number of nitrogens with zero attached hydrogens (tertiary/aromatic N) is 3. The van der Waals surface area contributed by atoms with Gasteiger partial charge in [0.25, 0.3) is 0 Å². The number of phenolic OH excluding ortho intramolecular Hbond substituents is 1. The van der Waals surface area contributed by atoms with Gasteiger partial charge in [-0.25, -0.2) is 4.39 Å². The molecular formula is C25H20FN3O. The molecule has 5 heteroatoms. The van der Waals surface area contributed by atoms with Crippen LogP contribution in [-0.4, -0.2) is 17.4 Å². The first-order valence-corrected chi connectivity index (χ1v) is 10.0. The summed E-state index contributed by atoms with van der Waals surface area (Å²) >= 11 is 0. The molecule has 0 amide bonds. The van der Waals surface area contributed by atoms with Crippen LogP contribution in [0.1, 0.15) is 28.7 Å². The molecule has 4 nitrogen and oxygen atoms in total. The quantitative estimate of drug-likeness (QED) is 0.649. The second-order valence-electron chi connectivity index (χ2n) is 7.90. The minimum atomic E-state index is -0.290. The van der Waals surface area contributed by atoms with Crippen LogP contribution >= 0.6 is 0 Å². The van der Waals surface area contributed by atoms with Crippen molar-refractivity contribution in [2.24, 2.45) is 11.0 Å². The maximum absolute atomic E-state index is 13.5. The topological polar surface area (TPSA) is 59.6 Å². The van der Waals surface area contributed by atoms with E-state index in [1.165, 1.54) is 12.1 Å². The summed E-state index contributed by atoms with van der Waals surface area (Å²) in [5, 5.41) is 26.3. The van der Waals surface area contributed by atoms with Crippen LogP contribution in [0.15, 0.2) is 59.7 Å². The minimum Gasteiger partial charge on any atom is -0.508 e. The average molecular weight is 397 g/mol. The van der Waals surface area contributed by atoms with Crippen LogP contribution in [0.4, 0.5) is 10.1 Å². The zero-order valence-electron chi connectivity index (χ0n) is 16.6. The maximum atomic E-state index is 13.5. The van der Waals surface area contributed by atoms with Crippen molar-refractivity contribution < 1.29 is 9.50 Å². The van der Waals surface area contributed by atoms with E-state index in [0.29, 0.717) is 11.5 Å². The highest BCUT2D eigenvalue weighted by Crippen LogP contribution is 2.40. The summed E-state index contributed by atoms with van der Waals surface area (Å²) in [6, 6.07) is 17.9. The Hall–Kier alpha value is -3.65. The van der Waals surface area contributed by atoms with Gasteiger partial charge in [0, 0.05) is 17.0 Å². The van der Waals surface area contributed by atoms with Crippen molar-refractivity contribution in [2.45, 2.75) is 19.8 Å². The van der Waals surface area contributed by atoms with Crippen LogP contribution in [0.25, 0.3) is 11.1 Å². The summed E-state index contributed by atoms with van der Waals surface area (Å²) in [4.78, 5) is 0. The van der Waals surface area contributed by atoms with Crippen LogP contribution in [0.3, 0.4) is 0 Å². The number of phenols is 1. The molecule has 1 aliphatic heterocycles. The second kappa shape index (κ2) is 7.00. The van der Waals surface area contributed by atoms with Crippen molar-refractivity contribution in [1.82, 2.24) is 0 Å². The molecule has 0 radical (unpaired) electrons. The first-order valence-electron chi connectivity index (χ1n) is 10.0. The average Bonchev–Trinajstić information content (AvgIpc) is 3.18. The third-order valence-corrected chi connectivity index (χ3v) is 6.11. The molecule has 1 aliphatic carbocycles. The third kappa shape index (κ3) is 2.93. The summed E-state index contributed by atoms with van der Waals surface area (Å²) in [5.74, 6) is 0.310. The fourth-order valence-corrected chi connectivity index (χ4v) is 4.58. The van der Waals surface area contributed by atoms with E-state index >= 15 is 0 Å². The molecule has 0 fully saturated rings. The fraction of sp³-hybridized carbons (Fsp3) is 0.200. The van der Waals surface area contributed by atoms with Gasteiger partial charge in [-0.15, -0.1) is 0 Å². The maximum Gasteiger partial charge on any atom is 0.123 e. The van der Waals surface area contributed by atoms with Gasteiger partial charge in [0.15, 0.2) is 0 Å². The number of anilines is 1. The lowest BCUT2D eigenvalue weighted by atomic mass is 9.82.